The van der Waals surface area contributed by atoms with E-state index in [0.29, 0.717) is 11.7 Å². The number of nitrogens with zero attached hydrogens (tertiary/aromatic N) is 4. The first-order chi connectivity index (χ1) is 12.2. The highest BCUT2D eigenvalue weighted by atomic mass is 16.4. The summed E-state index contributed by atoms with van der Waals surface area (Å²) in [7, 11) is 0. The third-order valence-electron chi connectivity index (χ3n) is 3.50. The van der Waals surface area contributed by atoms with Crippen molar-refractivity contribution < 1.29 is 9.21 Å². The van der Waals surface area contributed by atoms with Crippen LogP contribution in [0.15, 0.2) is 59.6 Å². The van der Waals surface area contributed by atoms with Crippen molar-refractivity contribution in [3.05, 3.63) is 60.7 Å². The minimum atomic E-state index is -0.358. The Hall–Kier alpha value is -3.66. The number of carbonyl (C=O) groups is 1. The van der Waals surface area contributed by atoms with Gasteiger partial charge in [-0.3, -0.25) is 14.7 Å². The fourth-order valence-electron chi connectivity index (χ4n) is 2.38. The second-order valence-electron chi connectivity index (χ2n) is 5.24. The van der Waals surface area contributed by atoms with Crippen LogP contribution in [0, 0.1) is 18.3 Å². The average molecular weight is 333 g/mol. The number of carbonyl (C=O) groups excluding carboxylic acids is 1. The van der Waals surface area contributed by atoms with Crippen molar-refractivity contribution >= 4 is 29.0 Å². The molecule has 0 spiro atoms. The van der Waals surface area contributed by atoms with Gasteiger partial charge in [-0.2, -0.15) is 5.26 Å². The average Bonchev–Trinajstić information content (AvgIpc) is 3.13. The lowest BCUT2D eigenvalue weighted by atomic mass is 10.1. The smallest absolute Gasteiger partial charge is 0.306 e. The Morgan fingerprint density at radius 1 is 1.28 bits per heavy atom. The number of oxazole rings is 1. The maximum absolute atomic E-state index is 11.7. The number of benzene rings is 1. The van der Waals surface area contributed by atoms with Crippen LogP contribution in [0.2, 0.25) is 0 Å². The highest BCUT2D eigenvalue weighted by molar-refractivity contribution is 5.93. The number of rotatable bonds is 5. The molecule has 7 nitrogen and oxygen atoms in total. The van der Waals surface area contributed by atoms with Gasteiger partial charge in [0.25, 0.3) is 0 Å². The molecule has 7 heteroatoms. The van der Waals surface area contributed by atoms with Crippen LogP contribution in [-0.2, 0) is 4.79 Å². The van der Waals surface area contributed by atoms with Crippen LogP contribution in [0.5, 0.6) is 0 Å². The van der Waals surface area contributed by atoms with E-state index < -0.39 is 0 Å². The summed E-state index contributed by atoms with van der Waals surface area (Å²) < 4.78 is 5.48. The number of hydrogen-bond donors (Lipinski definition) is 1. The Morgan fingerprint density at radius 2 is 2.08 bits per heavy atom. The van der Waals surface area contributed by atoms with Crippen LogP contribution in [0.3, 0.4) is 0 Å². The number of anilines is 4. The van der Waals surface area contributed by atoms with Crippen molar-refractivity contribution in [1.82, 2.24) is 9.97 Å². The van der Waals surface area contributed by atoms with Crippen molar-refractivity contribution in [2.45, 2.75) is 13.3 Å². The van der Waals surface area contributed by atoms with Gasteiger partial charge in [-0.25, -0.2) is 4.98 Å². The highest BCUT2D eigenvalue weighted by Crippen LogP contribution is 2.36. The van der Waals surface area contributed by atoms with E-state index in [1.54, 1.807) is 24.7 Å². The van der Waals surface area contributed by atoms with Crippen LogP contribution in [-0.4, -0.2) is 15.9 Å². The Morgan fingerprint density at radius 3 is 2.76 bits per heavy atom. The van der Waals surface area contributed by atoms with Crippen LogP contribution >= 0.6 is 0 Å². The van der Waals surface area contributed by atoms with Crippen LogP contribution in [0.1, 0.15) is 12.0 Å². The predicted octanol–water partition coefficient (Wildman–Crippen LogP) is 3.70. The van der Waals surface area contributed by atoms with E-state index in [4.69, 9.17) is 9.68 Å². The van der Waals surface area contributed by atoms with Gasteiger partial charge in [0.2, 0.25) is 5.91 Å². The molecule has 2 aromatic heterocycles. The lowest BCUT2D eigenvalue weighted by molar-refractivity contribution is -0.115. The van der Waals surface area contributed by atoms with Gasteiger partial charge in [0.15, 0.2) is 0 Å². The monoisotopic (exact) mass is 333 g/mol. The molecule has 2 heterocycles. The highest BCUT2D eigenvalue weighted by Gasteiger charge is 2.19. The van der Waals surface area contributed by atoms with Crippen molar-refractivity contribution in [2.24, 2.45) is 0 Å². The molecule has 3 aromatic rings. The largest absolute Gasteiger partial charge is 0.432 e. The Bertz CT molecular complexity index is 901. The molecular weight excluding hydrogens is 318 g/mol. The van der Waals surface area contributed by atoms with Gasteiger partial charge in [0.05, 0.1) is 23.6 Å². The lowest BCUT2D eigenvalue weighted by Crippen LogP contribution is -2.14. The van der Waals surface area contributed by atoms with Crippen LogP contribution < -0.4 is 10.2 Å². The zero-order chi connectivity index (χ0) is 17.6. The molecule has 0 saturated heterocycles. The van der Waals surface area contributed by atoms with E-state index in [9.17, 15) is 4.79 Å². The number of hydrogen-bond acceptors (Lipinski definition) is 6. The molecule has 0 aliphatic rings. The number of amides is 1. The molecule has 0 atom stereocenters. The quantitative estimate of drug-likeness (QED) is 0.765. The molecule has 0 fully saturated rings. The van der Waals surface area contributed by atoms with Crippen LogP contribution in [0.4, 0.5) is 23.1 Å². The number of aromatic nitrogens is 2. The van der Waals surface area contributed by atoms with Gasteiger partial charge in [0, 0.05) is 18.1 Å². The molecule has 3 rings (SSSR count). The van der Waals surface area contributed by atoms with Crippen molar-refractivity contribution in [2.75, 3.05) is 10.2 Å². The fourth-order valence-corrected chi connectivity index (χ4v) is 2.38. The molecule has 0 aliphatic heterocycles. The van der Waals surface area contributed by atoms with Gasteiger partial charge < -0.3 is 9.73 Å². The van der Waals surface area contributed by atoms with Crippen LogP contribution in [0.25, 0.3) is 0 Å². The van der Waals surface area contributed by atoms with Gasteiger partial charge in [-0.1, -0.05) is 6.07 Å². The fraction of sp³-hybridized carbons (Fsp3) is 0.111. The van der Waals surface area contributed by atoms with Crippen molar-refractivity contribution in [3.8, 4) is 6.07 Å². The number of aryl methyl sites for hydroxylation is 1. The summed E-state index contributed by atoms with van der Waals surface area (Å²) in [5.41, 5.74) is 3.17. The first-order valence-corrected chi connectivity index (χ1v) is 7.56. The lowest BCUT2D eigenvalue weighted by Gasteiger charge is -2.23. The second-order valence-corrected chi connectivity index (χ2v) is 5.24. The van der Waals surface area contributed by atoms with Gasteiger partial charge in [-0.05, 0) is 36.8 Å². The maximum atomic E-state index is 11.7. The normalized spacial score (nSPS) is 10.1. The van der Waals surface area contributed by atoms with Gasteiger partial charge in [0.1, 0.15) is 12.7 Å². The molecule has 1 amide bonds. The Labute approximate surface area is 144 Å². The number of nitriles is 1. The molecule has 25 heavy (non-hydrogen) atoms. The Kier molecular flexibility index (Phi) is 4.72. The zero-order valence-corrected chi connectivity index (χ0v) is 13.5. The summed E-state index contributed by atoms with van der Waals surface area (Å²) in [6, 6.07) is 11.4. The van der Waals surface area contributed by atoms with Crippen molar-refractivity contribution in [1.29, 1.82) is 5.26 Å². The minimum absolute atomic E-state index is 0.197. The number of nitrogens with one attached hydrogen (secondary N) is 1. The summed E-state index contributed by atoms with van der Waals surface area (Å²) in [6.07, 6.45) is 6.23. The molecule has 0 aliphatic carbocycles. The van der Waals surface area contributed by atoms with Crippen molar-refractivity contribution in [3.63, 3.8) is 0 Å². The zero-order valence-electron chi connectivity index (χ0n) is 13.5. The minimum Gasteiger partial charge on any atom is -0.432 e. The molecule has 0 unspecified atom stereocenters. The third kappa shape index (κ3) is 3.64. The van der Waals surface area contributed by atoms with E-state index in [2.05, 4.69) is 15.3 Å². The maximum Gasteiger partial charge on any atom is 0.306 e. The van der Waals surface area contributed by atoms with E-state index in [1.165, 1.54) is 6.26 Å². The summed E-state index contributed by atoms with van der Waals surface area (Å²) in [5.74, 6) is -0.358. The van der Waals surface area contributed by atoms with Gasteiger partial charge in [-0.15, -0.1) is 0 Å². The van der Waals surface area contributed by atoms with E-state index >= 15 is 0 Å². The molecule has 0 bridgehead atoms. The molecule has 0 saturated carbocycles. The number of pyridine rings is 1. The molecule has 1 N–H and O–H groups in total. The molecule has 0 radical (unpaired) electrons. The van der Waals surface area contributed by atoms with E-state index in [1.807, 2.05) is 42.2 Å². The van der Waals surface area contributed by atoms with E-state index in [-0.39, 0.29) is 12.3 Å². The third-order valence-corrected chi connectivity index (χ3v) is 3.50. The van der Waals surface area contributed by atoms with E-state index in [0.717, 1.165) is 16.9 Å². The first-order valence-electron chi connectivity index (χ1n) is 7.56. The summed E-state index contributed by atoms with van der Waals surface area (Å²) >= 11 is 0. The predicted molar refractivity (Wildman–Crippen MR) is 92.6 cm³/mol. The summed E-state index contributed by atoms with van der Waals surface area (Å²) in [5, 5.41) is 11.3. The SMILES string of the molecule is Cc1ccc(NC(=O)CC#N)cc1N(c1ccncc1)c1ncco1. The standard InChI is InChI=1S/C18H15N5O2/c1-13-2-3-14(22-17(24)4-7-19)12-16(13)23(18-21-10-11-25-18)15-5-8-20-9-6-15/h2-3,5-6,8-12H,4H2,1H3,(H,22,24). The molecule has 1 aromatic carbocycles. The molecule has 124 valence electrons. The summed E-state index contributed by atoms with van der Waals surface area (Å²) in [4.78, 5) is 21.8. The second kappa shape index (κ2) is 7.27. The topological polar surface area (TPSA) is 95.1 Å². The Balaban J connectivity index is 2.04. The van der Waals surface area contributed by atoms with Gasteiger partial charge >= 0.3 is 6.01 Å². The summed E-state index contributed by atoms with van der Waals surface area (Å²) in [6.45, 7) is 1.95. The first kappa shape index (κ1) is 16.2. The molecular formula is C18H15N5O2.